The van der Waals surface area contributed by atoms with Gasteiger partial charge >= 0.3 is 0 Å². The molecule has 6 rings (SSSR count). The lowest BCUT2D eigenvalue weighted by molar-refractivity contribution is -0.164. The first-order valence-electron chi connectivity index (χ1n) is 21.5. The Kier molecular flexibility index (Phi) is 14.1. The maximum atomic E-state index is 14.1. The lowest BCUT2D eigenvalue weighted by Crippen LogP contribution is -2.74. The number of benzene rings is 3. The summed E-state index contributed by atoms with van der Waals surface area (Å²) in [5.74, 6) is -0.696. The second kappa shape index (κ2) is 18.8. The number of β-amino-alcohol motifs (C(OH)–C–C–N with tert-alkyl or cyclic N) is 1. The zero-order valence-corrected chi connectivity index (χ0v) is 39.1. The van der Waals surface area contributed by atoms with E-state index in [1.165, 1.54) is 4.90 Å². The maximum absolute atomic E-state index is 14.1. The van der Waals surface area contributed by atoms with Crippen molar-refractivity contribution in [2.24, 2.45) is 16.2 Å². The van der Waals surface area contributed by atoms with Gasteiger partial charge in [-0.15, -0.1) is 11.3 Å². The van der Waals surface area contributed by atoms with Gasteiger partial charge in [0.15, 0.2) is 0 Å². The van der Waals surface area contributed by atoms with E-state index in [4.69, 9.17) is 16.3 Å². The van der Waals surface area contributed by atoms with Gasteiger partial charge in [-0.25, -0.2) is 4.98 Å². The number of nitriles is 1. The summed E-state index contributed by atoms with van der Waals surface area (Å²) in [6.45, 7) is 17.6. The summed E-state index contributed by atoms with van der Waals surface area (Å²) in [6.07, 6.45) is 0.252. The average molecular weight is 896 g/mol. The van der Waals surface area contributed by atoms with Crippen LogP contribution in [-0.2, 0) is 20.8 Å². The first-order chi connectivity index (χ1) is 29.6. The van der Waals surface area contributed by atoms with Gasteiger partial charge in [0.25, 0.3) is 5.91 Å². The molecule has 3 aromatic carbocycles. The predicted molar refractivity (Wildman–Crippen MR) is 245 cm³/mol. The molecule has 12 nitrogen and oxygen atoms in total. The lowest BCUT2D eigenvalue weighted by Gasteiger charge is -2.63. The van der Waals surface area contributed by atoms with E-state index in [-0.39, 0.29) is 55.3 Å². The van der Waals surface area contributed by atoms with Crippen LogP contribution >= 0.6 is 22.9 Å². The standard InChI is InChI=1S/C49H59ClN6O6S/c1-28(31-17-19-32(20-18-31)40-29(2)52-27-63-40)53-43(60)38-23-35(57)26-56(38)44(61)41(47(3,4)5)54-39(58)12-10-11-30-13-15-33(16-14-30)42(59)55-45-48(6,7)46(49(45,8)9)62-36-22-21-34(25-51)37(50)24-36/h13-22,24,27-28,35,38,41,45-46,57H,10-12,23,26H2,1-9H3,(H,53,60)(H,54,58)(H,55,59)/t28-,35+,38-,41?,45-,46-/m0/s1. The molecule has 2 heterocycles. The summed E-state index contributed by atoms with van der Waals surface area (Å²) in [6, 6.07) is 20.0. The molecule has 0 spiro atoms. The van der Waals surface area contributed by atoms with Gasteiger partial charge < -0.3 is 30.7 Å². The molecule has 1 aromatic heterocycles. The van der Waals surface area contributed by atoms with Crippen molar-refractivity contribution in [2.45, 2.75) is 124 Å². The number of aliphatic hydroxyl groups is 1. The van der Waals surface area contributed by atoms with Crippen LogP contribution in [0.25, 0.3) is 10.4 Å². The van der Waals surface area contributed by atoms with Crippen LogP contribution in [0.15, 0.2) is 72.2 Å². The van der Waals surface area contributed by atoms with Crippen molar-refractivity contribution in [1.82, 2.24) is 25.8 Å². The van der Waals surface area contributed by atoms with Crippen LogP contribution in [0.3, 0.4) is 0 Å². The minimum atomic E-state index is -0.925. The minimum absolute atomic E-state index is 0.00855. The van der Waals surface area contributed by atoms with Crippen LogP contribution < -0.4 is 20.7 Å². The molecule has 0 bridgehead atoms. The number of nitrogens with zero attached hydrogens (tertiary/aromatic N) is 3. The summed E-state index contributed by atoms with van der Waals surface area (Å²) < 4.78 is 6.36. The molecule has 4 amide bonds. The number of amides is 4. The van der Waals surface area contributed by atoms with Crippen molar-refractivity contribution in [3.8, 4) is 22.3 Å². The van der Waals surface area contributed by atoms with Crippen LogP contribution in [0.2, 0.25) is 5.02 Å². The number of likely N-dealkylation sites (tertiary alicyclic amines) is 1. The molecule has 334 valence electrons. The summed E-state index contributed by atoms with van der Waals surface area (Å²) in [5.41, 5.74) is 5.09. The second-order valence-electron chi connectivity index (χ2n) is 19.2. The van der Waals surface area contributed by atoms with Crippen LogP contribution in [0, 0.1) is 34.5 Å². The molecular formula is C49H59ClN6O6S. The minimum Gasteiger partial charge on any atom is -0.489 e. The number of thiazole rings is 1. The molecule has 4 aromatic rings. The average Bonchev–Trinajstić information content (AvgIpc) is 3.85. The monoisotopic (exact) mass is 894 g/mol. The fourth-order valence-electron chi connectivity index (χ4n) is 9.33. The molecule has 2 fully saturated rings. The van der Waals surface area contributed by atoms with Gasteiger partial charge in [0.2, 0.25) is 17.7 Å². The third-order valence-corrected chi connectivity index (χ3v) is 13.9. The van der Waals surface area contributed by atoms with Crippen LogP contribution in [0.1, 0.15) is 113 Å². The fourth-order valence-corrected chi connectivity index (χ4v) is 10.4. The highest BCUT2D eigenvalue weighted by Gasteiger charge is 2.64. The van der Waals surface area contributed by atoms with E-state index >= 15 is 0 Å². The largest absolute Gasteiger partial charge is 0.489 e. The van der Waals surface area contributed by atoms with E-state index in [0.29, 0.717) is 34.7 Å². The van der Waals surface area contributed by atoms with E-state index in [0.717, 1.165) is 27.3 Å². The second-order valence-corrected chi connectivity index (χ2v) is 20.5. The zero-order chi connectivity index (χ0) is 46.0. The summed E-state index contributed by atoms with van der Waals surface area (Å²) in [4.78, 5) is 61.5. The van der Waals surface area contributed by atoms with Gasteiger partial charge in [-0.05, 0) is 73.1 Å². The quantitative estimate of drug-likeness (QED) is 0.0988. The van der Waals surface area contributed by atoms with Crippen LogP contribution in [0.5, 0.6) is 5.75 Å². The number of hydrogen-bond donors (Lipinski definition) is 4. The maximum Gasteiger partial charge on any atom is 0.251 e. The fraction of sp³-hybridized carbons (Fsp3) is 0.469. The number of carbonyl (C=O) groups excluding carboxylic acids is 4. The van der Waals surface area contributed by atoms with Crippen molar-refractivity contribution in [2.75, 3.05) is 6.54 Å². The first kappa shape index (κ1) is 47.2. The molecule has 4 N–H and O–H groups in total. The molecule has 4 atom stereocenters. The number of aryl methyl sites for hydroxylation is 2. The van der Waals surface area contributed by atoms with E-state index < -0.39 is 40.3 Å². The Balaban J connectivity index is 0.994. The molecule has 1 unspecified atom stereocenters. The molecule has 1 saturated carbocycles. The highest BCUT2D eigenvalue weighted by molar-refractivity contribution is 7.13. The van der Waals surface area contributed by atoms with Crippen molar-refractivity contribution in [1.29, 1.82) is 5.26 Å². The Hall–Kier alpha value is -5.29. The highest BCUT2D eigenvalue weighted by atomic mass is 35.5. The van der Waals surface area contributed by atoms with Crippen molar-refractivity contribution in [3.63, 3.8) is 0 Å². The highest BCUT2D eigenvalue weighted by Crippen LogP contribution is 2.55. The van der Waals surface area contributed by atoms with Crippen LogP contribution in [0.4, 0.5) is 0 Å². The number of hydrogen-bond acceptors (Lipinski definition) is 9. The van der Waals surface area contributed by atoms with E-state index in [2.05, 4.69) is 54.7 Å². The van der Waals surface area contributed by atoms with Gasteiger partial charge in [0.05, 0.1) is 38.8 Å². The smallest absolute Gasteiger partial charge is 0.251 e. The SMILES string of the molecule is Cc1ncsc1-c1ccc([C@H](C)NC(=O)[C@@H]2C[C@@H](O)CN2C(=O)C(NC(=O)CCCc2ccc(C(=O)N[C@H]3C(C)(C)[C@H](Oc4ccc(C#N)c(Cl)c4)C3(C)C)cc2)C(C)(C)C)cc1. The zero-order valence-electron chi connectivity index (χ0n) is 37.5. The Bertz CT molecular complexity index is 2350. The van der Waals surface area contributed by atoms with Gasteiger partial charge in [-0.3, -0.25) is 19.2 Å². The number of aromatic nitrogens is 1. The van der Waals surface area contributed by atoms with Crippen molar-refractivity contribution < 1.29 is 29.0 Å². The molecule has 63 heavy (non-hydrogen) atoms. The molecule has 1 saturated heterocycles. The molecule has 14 heteroatoms. The molecule has 1 aliphatic carbocycles. The normalized spacial score (nSPS) is 21.0. The van der Waals surface area contributed by atoms with Crippen LogP contribution in [-0.4, -0.2) is 75.5 Å². The van der Waals surface area contributed by atoms with E-state index in [9.17, 15) is 29.5 Å². The van der Waals surface area contributed by atoms with E-state index in [1.807, 2.05) is 76.5 Å². The summed E-state index contributed by atoms with van der Waals surface area (Å²) in [7, 11) is 0. The Morgan fingerprint density at radius 2 is 1.68 bits per heavy atom. The van der Waals surface area contributed by atoms with Gasteiger partial charge in [-0.1, -0.05) is 96.5 Å². The number of aliphatic hydroxyl groups excluding tert-OH is 1. The van der Waals surface area contributed by atoms with Crippen molar-refractivity contribution in [3.05, 3.63) is 105 Å². The molecular weight excluding hydrogens is 836 g/mol. The molecule has 2 aliphatic rings. The third kappa shape index (κ3) is 10.4. The van der Waals surface area contributed by atoms with Gasteiger partial charge in [0.1, 0.15) is 30.0 Å². The molecule has 1 aliphatic heterocycles. The Morgan fingerprint density at radius 1 is 1.02 bits per heavy atom. The number of nitrogens with one attached hydrogen (secondary N) is 3. The lowest BCUT2D eigenvalue weighted by atomic mass is 9.49. The summed E-state index contributed by atoms with van der Waals surface area (Å²) >= 11 is 7.82. The van der Waals surface area contributed by atoms with Crippen molar-refractivity contribution >= 4 is 46.6 Å². The molecule has 0 radical (unpaired) electrons. The topological polar surface area (TPSA) is 174 Å². The summed E-state index contributed by atoms with van der Waals surface area (Å²) in [5, 5.41) is 29.4. The number of halogens is 1. The predicted octanol–water partition coefficient (Wildman–Crippen LogP) is 7.95. The van der Waals surface area contributed by atoms with Gasteiger partial charge in [0, 0.05) is 47.9 Å². The number of rotatable bonds is 14. The van der Waals surface area contributed by atoms with Gasteiger partial charge in [-0.2, -0.15) is 5.26 Å². The third-order valence-electron chi connectivity index (χ3n) is 12.6. The Morgan fingerprint density at radius 3 is 2.27 bits per heavy atom. The number of ether oxygens (including phenoxy) is 1. The Labute approximate surface area is 379 Å². The number of carbonyl (C=O) groups is 4. The first-order valence-corrected chi connectivity index (χ1v) is 22.7. The van der Waals surface area contributed by atoms with E-state index in [1.54, 1.807) is 41.7 Å².